The van der Waals surface area contributed by atoms with Gasteiger partial charge in [-0.15, -0.1) is 0 Å². The summed E-state index contributed by atoms with van der Waals surface area (Å²) >= 11 is 0. The minimum Gasteiger partial charge on any atom is -0.462 e. The Morgan fingerprint density at radius 1 is 0.615 bits per heavy atom. The monoisotopic (exact) mass is 517 g/mol. The Balaban J connectivity index is 1.81. The minimum absolute atomic E-state index is 0.154. The van der Waals surface area contributed by atoms with Gasteiger partial charge in [-0.1, -0.05) is 60.7 Å². The van der Waals surface area contributed by atoms with E-state index in [4.69, 9.17) is 9.47 Å². The first-order valence-electron chi connectivity index (χ1n) is 12.8. The van der Waals surface area contributed by atoms with Gasteiger partial charge >= 0.3 is 11.9 Å². The van der Waals surface area contributed by atoms with E-state index in [-0.39, 0.29) is 11.5 Å². The highest BCUT2D eigenvalue weighted by Gasteiger charge is 2.20. The van der Waals surface area contributed by atoms with E-state index in [0.717, 1.165) is 38.9 Å². The van der Waals surface area contributed by atoms with Gasteiger partial charge in [0.25, 0.3) is 5.56 Å². The second-order valence-electron chi connectivity index (χ2n) is 8.87. The molecule has 6 heteroatoms. The van der Waals surface area contributed by atoms with Gasteiger partial charge in [0.15, 0.2) is 0 Å². The number of nitrogens with zero attached hydrogens (tertiary/aromatic N) is 1. The van der Waals surface area contributed by atoms with Crippen LogP contribution in [0.2, 0.25) is 0 Å². The van der Waals surface area contributed by atoms with Crippen LogP contribution in [0.5, 0.6) is 0 Å². The van der Waals surface area contributed by atoms with E-state index in [1.807, 2.05) is 66.9 Å². The summed E-state index contributed by atoms with van der Waals surface area (Å²) in [5.41, 5.74) is 6.67. The van der Waals surface area contributed by atoms with Crippen LogP contribution in [0.25, 0.3) is 38.9 Å². The molecule has 6 nitrogen and oxygen atoms in total. The second kappa shape index (κ2) is 11.2. The third-order valence-electron chi connectivity index (χ3n) is 6.48. The zero-order valence-electron chi connectivity index (χ0n) is 21.7. The van der Waals surface area contributed by atoms with Crippen LogP contribution in [0, 0.1) is 0 Å². The summed E-state index contributed by atoms with van der Waals surface area (Å²) in [7, 11) is 0. The number of hydrogen-bond acceptors (Lipinski definition) is 5. The van der Waals surface area contributed by atoms with Crippen molar-refractivity contribution in [1.82, 2.24) is 4.40 Å². The van der Waals surface area contributed by atoms with Gasteiger partial charge in [0.05, 0.1) is 29.9 Å². The van der Waals surface area contributed by atoms with Crippen molar-refractivity contribution in [3.63, 3.8) is 0 Å². The average molecular weight is 518 g/mol. The lowest BCUT2D eigenvalue weighted by molar-refractivity contribution is 0.0517. The van der Waals surface area contributed by atoms with Crippen molar-refractivity contribution in [2.75, 3.05) is 13.2 Å². The highest BCUT2D eigenvalue weighted by atomic mass is 16.5. The van der Waals surface area contributed by atoms with Crippen molar-refractivity contribution in [1.29, 1.82) is 0 Å². The van der Waals surface area contributed by atoms with Gasteiger partial charge in [-0.2, -0.15) is 0 Å². The molecule has 194 valence electrons. The van der Waals surface area contributed by atoms with E-state index in [1.165, 1.54) is 6.07 Å². The van der Waals surface area contributed by atoms with Crippen molar-refractivity contribution in [3.8, 4) is 33.4 Å². The molecule has 3 aromatic carbocycles. The summed E-state index contributed by atoms with van der Waals surface area (Å²) in [6.45, 7) is 4.13. The maximum Gasteiger partial charge on any atom is 0.338 e. The molecule has 0 amide bonds. The lowest BCUT2D eigenvalue weighted by Gasteiger charge is -2.20. The molecular formula is C33H27NO5. The largest absolute Gasteiger partial charge is 0.462 e. The van der Waals surface area contributed by atoms with E-state index in [1.54, 1.807) is 48.6 Å². The lowest BCUT2D eigenvalue weighted by atomic mass is 9.87. The highest BCUT2D eigenvalue weighted by Crippen LogP contribution is 2.42. The summed E-state index contributed by atoms with van der Waals surface area (Å²) in [6, 6.07) is 29.5. The zero-order valence-corrected chi connectivity index (χ0v) is 21.7. The molecule has 0 fully saturated rings. The van der Waals surface area contributed by atoms with E-state index in [9.17, 15) is 14.4 Å². The molecule has 0 atom stereocenters. The molecule has 5 rings (SSSR count). The van der Waals surface area contributed by atoms with Gasteiger partial charge in [0.1, 0.15) is 0 Å². The minimum atomic E-state index is -0.391. The Bertz CT molecular complexity index is 1700. The van der Waals surface area contributed by atoms with Crippen LogP contribution in [-0.2, 0) is 9.47 Å². The SMILES string of the molecule is CCOC(=O)c1ccc(-c2c(-c3ccccc3)cn3c(=O)cccc3c2-c2ccc(C(=O)OCC)cc2)cc1. The first-order valence-corrected chi connectivity index (χ1v) is 12.8. The molecule has 0 saturated carbocycles. The average Bonchev–Trinajstić information content (AvgIpc) is 2.97. The standard InChI is InChI=1S/C33H27NO5/c1-3-38-32(36)25-17-13-23(14-18-25)30-27(22-9-6-5-7-10-22)21-34-28(11-8-12-29(34)35)31(30)24-15-19-26(20-16-24)33(37)39-4-2/h5-21H,3-4H2,1-2H3. The third-order valence-corrected chi connectivity index (χ3v) is 6.48. The quantitative estimate of drug-likeness (QED) is 0.226. The Morgan fingerprint density at radius 3 is 1.69 bits per heavy atom. The fraction of sp³-hybridized carbons (Fsp3) is 0.121. The molecule has 0 aliphatic rings. The van der Waals surface area contributed by atoms with E-state index < -0.39 is 5.97 Å². The normalized spacial score (nSPS) is 10.8. The Morgan fingerprint density at radius 2 is 1.15 bits per heavy atom. The number of carbonyl (C=O) groups excluding carboxylic acids is 2. The summed E-state index contributed by atoms with van der Waals surface area (Å²) in [4.78, 5) is 37.7. The smallest absolute Gasteiger partial charge is 0.338 e. The first kappa shape index (κ1) is 25.7. The molecule has 0 saturated heterocycles. The van der Waals surface area contributed by atoms with Crippen LogP contribution in [-0.4, -0.2) is 29.6 Å². The molecule has 0 radical (unpaired) electrons. The van der Waals surface area contributed by atoms with E-state index >= 15 is 0 Å². The number of aromatic nitrogens is 1. The van der Waals surface area contributed by atoms with Crippen LogP contribution in [0.3, 0.4) is 0 Å². The zero-order chi connectivity index (χ0) is 27.4. The maximum atomic E-state index is 13.0. The van der Waals surface area contributed by atoms with Crippen molar-refractivity contribution in [2.45, 2.75) is 13.8 Å². The summed E-state index contributed by atoms with van der Waals surface area (Å²) in [6.07, 6.45) is 1.86. The Kier molecular flexibility index (Phi) is 7.37. The summed E-state index contributed by atoms with van der Waals surface area (Å²) in [5.74, 6) is -0.773. The van der Waals surface area contributed by atoms with E-state index in [2.05, 4.69) is 0 Å². The lowest BCUT2D eigenvalue weighted by Crippen LogP contribution is -2.13. The number of esters is 2. The predicted molar refractivity (Wildman–Crippen MR) is 152 cm³/mol. The number of rotatable bonds is 7. The molecule has 0 aliphatic carbocycles. The number of carbonyl (C=O) groups is 2. The Hall–Kier alpha value is -4.97. The van der Waals surface area contributed by atoms with Gasteiger partial charge in [0, 0.05) is 29.0 Å². The summed E-state index contributed by atoms with van der Waals surface area (Å²) in [5, 5.41) is 0. The first-order chi connectivity index (χ1) is 19.0. The van der Waals surface area contributed by atoms with Gasteiger partial charge in [-0.3, -0.25) is 9.20 Å². The predicted octanol–water partition coefficient (Wildman–Crippen LogP) is 6.65. The fourth-order valence-electron chi connectivity index (χ4n) is 4.70. The molecule has 0 unspecified atom stereocenters. The fourth-order valence-corrected chi connectivity index (χ4v) is 4.70. The third kappa shape index (κ3) is 5.09. The second-order valence-corrected chi connectivity index (χ2v) is 8.87. The van der Waals surface area contributed by atoms with Gasteiger partial charge in [-0.05, 0) is 60.9 Å². The van der Waals surface area contributed by atoms with Crippen molar-refractivity contribution < 1.29 is 19.1 Å². The molecule has 39 heavy (non-hydrogen) atoms. The van der Waals surface area contributed by atoms with Crippen LogP contribution < -0.4 is 5.56 Å². The number of benzene rings is 3. The van der Waals surface area contributed by atoms with E-state index in [0.29, 0.717) is 24.3 Å². The maximum absolute atomic E-state index is 13.0. The van der Waals surface area contributed by atoms with Gasteiger partial charge in [0.2, 0.25) is 0 Å². The van der Waals surface area contributed by atoms with Gasteiger partial charge in [-0.25, -0.2) is 9.59 Å². The summed E-state index contributed by atoms with van der Waals surface area (Å²) < 4.78 is 12.0. The molecule has 0 spiro atoms. The molecule has 0 bridgehead atoms. The molecule has 2 heterocycles. The number of pyridine rings is 2. The van der Waals surface area contributed by atoms with Crippen molar-refractivity contribution in [3.05, 3.63) is 125 Å². The molecular weight excluding hydrogens is 490 g/mol. The topological polar surface area (TPSA) is 74.1 Å². The number of hydrogen-bond donors (Lipinski definition) is 0. The van der Waals surface area contributed by atoms with Crippen molar-refractivity contribution >= 4 is 17.5 Å². The van der Waals surface area contributed by atoms with Gasteiger partial charge < -0.3 is 9.47 Å². The van der Waals surface area contributed by atoms with Crippen LogP contribution in [0.1, 0.15) is 34.6 Å². The molecule has 5 aromatic rings. The number of ether oxygens (including phenoxy) is 2. The number of fused-ring (bicyclic) bond motifs is 1. The van der Waals surface area contributed by atoms with Crippen molar-refractivity contribution in [2.24, 2.45) is 0 Å². The Labute approximate surface area is 226 Å². The van der Waals surface area contributed by atoms with Crippen LogP contribution in [0.15, 0.2) is 108 Å². The van der Waals surface area contributed by atoms with Crippen LogP contribution in [0.4, 0.5) is 0 Å². The molecule has 0 aliphatic heterocycles. The molecule has 0 N–H and O–H groups in total. The molecule has 2 aromatic heterocycles. The van der Waals surface area contributed by atoms with Crippen LogP contribution >= 0.6 is 0 Å². The highest BCUT2D eigenvalue weighted by molar-refractivity contribution is 6.02.